The van der Waals surface area contributed by atoms with Crippen LogP contribution in [0.1, 0.15) is 36.3 Å². The van der Waals surface area contributed by atoms with E-state index in [4.69, 9.17) is 4.74 Å². The van der Waals surface area contributed by atoms with Gasteiger partial charge < -0.3 is 15.2 Å². The maximum absolute atomic E-state index is 12.5. The number of hydrogen-bond acceptors (Lipinski definition) is 4. The van der Waals surface area contributed by atoms with E-state index in [-0.39, 0.29) is 24.9 Å². The Morgan fingerprint density at radius 3 is 2.34 bits per heavy atom. The van der Waals surface area contributed by atoms with Crippen molar-refractivity contribution in [3.63, 3.8) is 0 Å². The standard InChI is InChI=1S/C23H25NO4S/c25-22(26)12-21(15-6-5-11-29-14-15)24-23(27)28-13-20-18-9-3-1-7-16(18)17-8-2-4-10-19(17)20/h1-4,7-10,15,20-21H,5-6,11-14H2,(H,24,27)(H,25,26). The zero-order valence-corrected chi connectivity index (χ0v) is 17.0. The predicted octanol–water partition coefficient (Wildman–Crippen LogP) is 4.51. The minimum atomic E-state index is -0.899. The van der Waals surface area contributed by atoms with Crippen LogP contribution in [0.5, 0.6) is 0 Å². The molecule has 0 bridgehead atoms. The molecule has 0 spiro atoms. The third kappa shape index (κ3) is 4.42. The van der Waals surface area contributed by atoms with Crippen LogP contribution in [0.3, 0.4) is 0 Å². The zero-order valence-electron chi connectivity index (χ0n) is 16.2. The fourth-order valence-electron chi connectivity index (χ4n) is 4.40. The third-order valence-electron chi connectivity index (χ3n) is 5.81. The van der Waals surface area contributed by atoms with Crippen LogP contribution in [-0.2, 0) is 9.53 Å². The first-order chi connectivity index (χ1) is 14.1. The molecule has 5 nitrogen and oxygen atoms in total. The van der Waals surface area contributed by atoms with Crippen LogP contribution >= 0.6 is 11.8 Å². The molecule has 1 aliphatic carbocycles. The molecule has 1 amide bonds. The first kappa shape index (κ1) is 19.8. The summed E-state index contributed by atoms with van der Waals surface area (Å²) >= 11 is 1.82. The highest BCUT2D eigenvalue weighted by Gasteiger charge is 2.31. The second-order valence-electron chi connectivity index (χ2n) is 7.65. The Kier molecular flexibility index (Phi) is 6.09. The largest absolute Gasteiger partial charge is 0.481 e. The Morgan fingerprint density at radius 1 is 1.10 bits per heavy atom. The summed E-state index contributed by atoms with van der Waals surface area (Å²) in [6.07, 6.45) is 1.38. The van der Waals surface area contributed by atoms with Gasteiger partial charge in [0.25, 0.3) is 0 Å². The minimum Gasteiger partial charge on any atom is -0.481 e. The number of benzene rings is 2. The lowest BCUT2D eigenvalue weighted by Crippen LogP contribution is -2.44. The monoisotopic (exact) mass is 411 g/mol. The van der Waals surface area contributed by atoms with Crippen LogP contribution in [-0.4, -0.2) is 41.3 Å². The average molecular weight is 412 g/mol. The van der Waals surface area contributed by atoms with Gasteiger partial charge >= 0.3 is 12.1 Å². The molecule has 2 atom stereocenters. The normalized spacial score (nSPS) is 19.1. The number of rotatable bonds is 6. The molecule has 29 heavy (non-hydrogen) atoms. The van der Waals surface area contributed by atoms with E-state index < -0.39 is 18.1 Å². The molecule has 1 saturated heterocycles. The summed E-state index contributed by atoms with van der Waals surface area (Å²) in [6.45, 7) is 0.235. The van der Waals surface area contributed by atoms with Crippen molar-refractivity contribution >= 4 is 23.8 Å². The summed E-state index contributed by atoms with van der Waals surface area (Å²) in [4.78, 5) is 23.8. The molecule has 0 radical (unpaired) electrons. The number of amides is 1. The van der Waals surface area contributed by atoms with E-state index in [0.29, 0.717) is 0 Å². The van der Waals surface area contributed by atoms with Gasteiger partial charge in [-0.1, -0.05) is 48.5 Å². The van der Waals surface area contributed by atoms with Crippen molar-refractivity contribution in [2.24, 2.45) is 5.92 Å². The summed E-state index contributed by atoms with van der Waals surface area (Å²) in [5.41, 5.74) is 4.68. The van der Waals surface area contributed by atoms with Crippen molar-refractivity contribution in [3.8, 4) is 11.1 Å². The summed E-state index contributed by atoms with van der Waals surface area (Å²) < 4.78 is 5.59. The quantitative estimate of drug-likeness (QED) is 0.731. The topological polar surface area (TPSA) is 75.6 Å². The molecular weight excluding hydrogens is 386 g/mol. The molecule has 1 aliphatic heterocycles. The predicted molar refractivity (Wildman–Crippen MR) is 114 cm³/mol. The highest BCUT2D eigenvalue weighted by atomic mass is 32.2. The lowest BCUT2D eigenvalue weighted by atomic mass is 9.94. The van der Waals surface area contributed by atoms with Gasteiger partial charge in [0.05, 0.1) is 6.42 Å². The first-order valence-corrected chi connectivity index (χ1v) is 11.2. The maximum Gasteiger partial charge on any atom is 0.407 e. The molecular formula is C23H25NO4S. The number of aliphatic carboxylic acids is 1. The van der Waals surface area contributed by atoms with Crippen LogP contribution in [0.25, 0.3) is 11.1 Å². The molecule has 2 aromatic carbocycles. The molecule has 152 valence electrons. The summed E-state index contributed by atoms with van der Waals surface area (Å²) in [5.74, 6) is 1.24. The van der Waals surface area contributed by atoms with Crippen LogP contribution in [0.15, 0.2) is 48.5 Å². The van der Waals surface area contributed by atoms with Crippen LogP contribution in [0, 0.1) is 5.92 Å². The second kappa shape index (κ2) is 8.91. The Hall–Kier alpha value is -2.47. The van der Waals surface area contributed by atoms with Gasteiger partial charge in [-0.3, -0.25) is 4.79 Å². The molecule has 2 aromatic rings. The highest BCUT2D eigenvalue weighted by molar-refractivity contribution is 7.99. The molecule has 4 rings (SSSR count). The van der Waals surface area contributed by atoms with Gasteiger partial charge in [0.2, 0.25) is 0 Å². The van der Waals surface area contributed by atoms with Crippen LogP contribution in [0.4, 0.5) is 4.79 Å². The molecule has 2 aliphatic rings. The molecule has 0 saturated carbocycles. The van der Waals surface area contributed by atoms with Crippen molar-refractivity contribution in [1.29, 1.82) is 0 Å². The van der Waals surface area contributed by atoms with E-state index in [1.807, 2.05) is 36.0 Å². The maximum atomic E-state index is 12.5. The Labute approximate surface area is 174 Å². The van der Waals surface area contributed by atoms with Gasteiger partial charge in [-0.2, -0.15) is 11.8 Å². The Balaban J connectivity index is 1.43. The molecule has 1 fully saturated rings. The van der Waals surface area contributed by atoms with E-state index in [0.717, 1.165) is 35.5 Å². The number of nitrogens with one attached hydrogen (secondary N) is 1. The lowest BCUT2D eigenvalue weighted by molar-refractivity contribution is -0.137. The number of fused-ring (bicyclic) bond motifs is 3. The zero-order chi connectivity index (χ0) is 20.2. The number of ether oxygens (including phenoxy) is 1. The van der Waals surface area contributed by atoms with Crippen molar-refractivity contribution < 1.29 is 19.4 Å². The number of alkyl carbamates (subject to hydrolysis) is 1. The van der Waals surface area contributed by atoms with Gasteiger partial charge in [0.15, 0.2) is 0 Å². The van der Waals surface area contributed by atoms with E-state index >= 15 is 0 Å². The lowest BCUT2D eigenvalue weighted by Gasteiger charge is -2.29. The molecule has 0 aromatic heterocycles. The fraction of sp³-hybridized carbons (Fsp3) is 0.391. The number of carboxylic acids is 1. The SMILES string of the molecule is O=C(O)CC(NC(=O)OCC1c2ccccc2-c2ccccc21)C1CCCSC1. The van der Waals surface area contributed by atoms with Crippen molar-refractivity contribution in [1.82, 2.24) is 5.32 Å². The Morgan fingerprint density at radius 2 is 1.76 bits per heavy atom. The number of hydrogen-bond donors (Lipinski definition) is 2. The van der Waals surface area contributed by atoms with Crippen molar-refractivity contribution in [2.45, 2.75) is 31.2 Å². The molecule has 1 heterocycles. The summed E-state index contributed by atoms with van der Waals surface area (Å²) in [6, 6.07) is 16.0. The van der Waals surface area contributed by atoms with E-state index in [1.54, 1.807) is 0 Å². The van der Waals surface area contributed by atoms with Crippen molar-refractivity contribution in [2.75, 3.05) is 18.1 Å². The van der Waals surface area contributed by atoms with E-state index in [1.165, 1.54) is 11.1 Å². The fourth-order valence-corrected chi connectivity index (χ4v) is 5.64. The second-order valence-corrected chi connectivity index (χ2v) is 8.80. The first-order valence-electron chi connectivity index (χ1n) is 10.0. The molecule has 2 N–H and O–H groups in total. The van der Waals surface area contributed by atoms with Gasteiger partial charge in [-0.15, -0.1) is 0 Å². The molecule has 2 unspecified atom stereocenters. The number of carbonyl (C=O) groups is 2. The Bertz CT molecular complexity index is 848. The van der Waals surface area contributed by atoms with Crippen LogP contribution < -0.4 is 5.32 Å². The van der Waals surface area contributed by atoms with E-state index in [2.05, 4.69) is 29.6 Å². The minimum absolute atomic E-state index is 0.00342. The van der Waals surface area contributed by atoms with Crippen LogP contribution in [0.2, 0.25) is 0 Å². The van der Waals surface area contributed by atoms with Gasteiger partial charge in [-0.25, -0.2) is 4.79 Å². The van der Waals surface area contributed by atoms with E-state index in [9.17, 15) is 14.7 Å². The average Bonchev–Trinajstić information content (AvgIpc) is 3.06. The highest BCUT2D eigenvalue weighted by Crippen LogP contribution is 2.44. The van der Waals surface area contributed by atoms with Gasteiger partial charge in [0, 0.05) is 12.0 Å². The number of thioether (sulfide) groups is 1. The molecule has 6 heteroatoms. The van der Waals surface area contributed by atoms with Crippen molar-refractivity contribution in [3.05, 3.63) is 59.7 Å². The number of carboxylic acid groups (broad SMARTS) is 1. The van der Waals surface area contributed by atoms with Gasteiger partial charge in [-0.05, 0) is 52.5 Å². The number of carbonyl (C=O) groups excluding carboxylic acids is 1. The smallest absolute Gasteiger partial charge is 0.407 e. The summed E-state index contributed by atoms with van der Waals surface area (Å²) in [7, 11) is 0. The van der Waals surface area contributed by atoms with Gasteiger partial charge in [0.1, 0.15) is 6.61 Å². The third-order valence-corrected chi connectivity index (χ3v) is 7.05. The summed E-state index contributed by atoms with van der Waals surface area (Å²) in [5, 5.41) is 12.1.